The average Bonchev–Trinajstić information content (AvgIpc) is 3.04. The third kappa shape index (κ3) is 3.31. The molecule has 1 aliphatic heterocycles. The zero-order valence-corrected chi connectivity index (χ0v) is 13.2. The third-order valence-electron chi connectivity index (χ3n) is 3.80. The molecule has 3 rings (SSSR count). The molecule has 0 aromatic carbocycles. The molecule has 6 nitrogen and oxygen atoms in total. The molecule has 1 N–H and O–H groups in total. The first kappa shape index (κ1) is 15.1. The van der Waals surface area contributed by atoms with E-state index in [4.69, 9.17) is 4.42 Å². The van der Waals surface area contributed by atoms with Crippen molar-refractivity contribution in [3.8, 4) is 0 Å². The van der Waals surface area contributed by atoms with Gasteiger partial charge in [-0.3, -0.25) is 0 Å². The molecule has 3 heterocycles. The maximum absolute atomic E-state index is 12.1. The highest BCUT2D eigenvalue weighted by Gasteiger charge is 2.26. The molecular formula is C15H19N3O3S. The zero-order valence-electron chi connectivity index (χ0n) is 12.4. The Bertz CT molecular complexity index is 703. The normalized spacial score (nSPS) is 16.9. The second-order valence-electron chi connectivity index (χ2n) is 5.51. The molecule has 0 spiro atoms. The first-order chi connectivity index (χ1) is 10.5. The van der Waals surface area contributed by atoms with Gasteiger partial charge < -0.3 is 9.32 Å². The van der Waals surface area contributed by atoms with Gasteiger partial charge in [0, 0.05) is 25.3 Å². The van der Waals surface area contributed by atoms with E-state index in [9.17, 15) is 8.42 Å². The van der Waals surface area contributed by atoms with E-state index in [1.807, 2.05) is 25.3 Å². The van der Waals surface area contributed by atoms with Crippen LogP contribution in [0, 0.1) is 6.92 Å². The minimum Gasteiger partial charge on any atom is -0.452 e. The maximum Gasteiger partial charge on any atom is 0.274 e. The summed E-state index contributed by atoms with van der Waals surface area (Å²) in [4.78, 5) is 6.59. The van der Waals surface area contributed by atoms with E-state index >= 15 is 0 Å². The lowest BCUT2D eigenvalue weighted by molar-refractivity contribution is 0.424. The molecule has 22 heavy (non-hydrogen) atoms. The number of nitrogens with zero attached hydrogens (tertiary/aromatic N) is 2. The number of hydrogen-bond acceptors (Lipinski definition) is 5. The Hall–Kier alpha value is -1.86. The molecule has 2 aromatic heterocycles. The summed E-state index contributed by atoms with van der Waals surface area (Å²) in [7, 11) is -3.56. The van der Waals surface area contributed by atoms with Crippen LogP contribution in [0.2, 0.25) is 0 Å². The highest BCUT2D eigenvalue weighted by atomic mass is 32.2. The molecule has 1 aliphatic rings. The van der Waals surface area contributed by atoms with Crippen molar-refractivity contribution in [3.05, 3.63) is 42.3 Å². The van der Waals surface area contributed by atoms with Crippen molar-refractivity contribution in [1.82, 2.24) is 9.71 Å². The first-order valence-corrected chi connectivity index (χ1v) is 8.76. The van der Waals surface area contributed by atoms with E-state index in [1.54, 1.807) is 6.07 Å². The number of anilines is 1. The van der Waals surface area contributed by atoms with E-state index in [0.29, 0.717) is 0 Å². The minimum atomic E-state index is -3.56. The fourth-order valence-electron chi connectivity index (χ4n) is 2.57. The van der Waals surface area contributed by atoms with Crippen LogP contribution in [0.3, 0.4) is 0 Å². The van der Waals surface area contributed by atoms with Gasteiger partial charge in [-0.2, -0.15) is 0 Å². The Morgan fingerprint density at radius 2 is 2.05 bits per heavy atom. The predicted molar refractivity (Wildman–Crippen MR) is 83.2 cm³/mol. The van der Waals surface area contributed by atoms with Crippen molar-refractivity contribution in [2.24, 2.45) is 0 Å². The van der Waals surface area contributed by atoms with E-state index < -0.39 is 10.0 Å². The zero-order chi connectivity index (χ0) is 15.6. The van der Waals surface area contributed by atoms with Crippen molar-refractivity contribution < 1.29 is 12.8 Å². The van der Waals surface area contributed by atoms with Crippen molar-refractivity contribution in [2.45, 2.75) is 30.9 Å². The summed E-state index contributed by atoms with van der Waals surface area (Å²) in [5, 5.41) is -0.0323. The number of nitrogens with one attached hydrogen (secondary N) is 1. The first-order valence-electron chi connectivity index (χ1n) is 7.28. The molecule has 0 aliphatic carbocycles. The lowest BCUT2D eigenvalue weighted by Gasteiger charge is -2.32. The van der Waals surface area contributed by atoms with Gasteiger partial charge in [-0.25, -0.2) is 18.1 Å². The molecular weight excluding hydrogens is 302 g/mol. The van der Waals surface area contributed by atoms with Gasteiger partial charge in [0.2, 0.25) is 5.09 Å². The number of aromatic nitrogens is 1. The van der Waals surface area contributed by atoms with Crippen LogP contribution in [0.15, 0.2) is 46.2 Å². The fourth-order valence-corrected chi connectivity index (χ4v) is 3.80. The van der Waals surface area contributed by atoms with Crippen LogP contribution < -0.4 is 9.62 Å². The lowest BCUT2D eigenvalue weighted by Crippen LogP contribution is -2.44. The topological polar surface area (TPSA) is 75.4 Å². The van der Waals surface area contributed by atoms with Gasteiger partial charge in [0.25, 0.3) is 10.0 Å². The summed E-state index contributed by atoms with van der Waals surface area (Å²) >= 11 is 0. The Morgan fingerprint density at radius 3 is 2.64 bits per heavy atom. The summed E-state index contributed by atoms with van der Waals surface area (Å²) in [6.45, 7) is 3.56. The summed E-state index contributed by atoms with van der Waals surface area (Å²) in [6.07, 6.45) is 4.70. The maximum atomic E-state index is 12.1. The highest BCUT2D eigenvalue weighted by molar-refractivity contribution is 7.89. The number of sulfonamides is 1. The molecule has 0 saturated carbocycles. The summed E-state index contributed by atoms with van der Waals surface area (Å²) in [6, 6.07) is 6.99. The largest absolute Gasteiger partial charge is 0.452 e. The van der Waals surface area contributed by atoms with Gasteiger partial charge in [0.15, 0.2) is 0 Å². The fraction of sp³-hybridized carbons (Fsp3) is 0.400. The standard InChI is InChI=1S/C15H19N3O3S/c1-12-4-5-14(16-11-12)18-8-6-13(7-9-18)17-22(19,20)15-3-2-10-21-15/h2-5,10-11,13,17H,6-9H2,1H3. The Kier molecular flexibility index (Phi) is 4.17. The summed E-state index contributed by atoms with van der Waals surface area (Å²) < 4.78 is 31.9. The number of piperidine rings is 1. The Morgan fingerprint density at radius 1 is 1.27 bits per heavy atom. The SMILES string of the molecule is Cc1ccc(N2CCC(NS(=O)(=O)c3ccco3)CC2)nc1. The van der Waals surface area contributed by atoms with Crippen LogP contribution in [0.1, 0.15) is 18.4 Å². The van der Waals surface area contributed by atoms with Crippen LogP contribution in [0.25, 0.3) is 0 Å². The molecule has 1 fully saturated rings. The van der Waals surface area contributed by atoms with Crippen LogP contribution in [0.5, 0.6) is 0 Å². The molecule has 0 radical (unpaired) electrons. The molecule has 118 valence electrons. The summed E-state index contributed by atoms with van der Waals surface area (Å²) in [5.41, 5.74) is 1.13. The molecule has 0 amide bonds. The number of furan rings is 1. The van der Waals surface area contributed by atoms with Crippen LogP contribution in [-0.4, -0.2) is 32.5 Å². The van der Waals surface area contributed by atoms with Crippen LogP contribution in [-0.2, 0) is 10.0 Å². The van der Waals surface area contributed by atoms with Gasteiger partial charge >= 0.3 is 0 Å². The van der Waals surface area contributed by atoms with Gasteiger partial charge in [-0.05, 0) is 43.5 Å². The molecule has 2 aromatic rings. The van der Waals surface area contributed by atoms with Crippen LogP contribution in [0.4, 0.5) is 5.82 Å². The monoisotopic (exact) mass is 321 g/mol. The predicted octanol–water partition coefficient (Wildman–Crippen LogP) is 1.93. The smallest absolute Gasteiger partial charge is 0.274 e. The number of rotatable bonds is 4. The number of pyridine rings is 1. The molecule has 1 saturated heterocycles. The van der Waals surface area contributed by atoms with E-state index in [2.05, 4.69) is 14.6 Å². The molecule has 0 atom stereocenters. The molecule has 0 bridgehead atoms. The lowest BCUT2D eigenvalue weighted by atomic mass is 10.1. The average molecular weight is 321 g/mol. The van der Waals surface area contributed by atoms with Crippen molar-refractivity contribution in [1.29, 1.82) is 0 Å². The molecule has 0 unspecified atom stereocenters. The van der Waals surface area contributed by atoms with Gasteiger partial charge in [0.05, 0.1) is 6.26 Å². The third-order valence-corrected chi connectivity index (χ3v) is 5.20. The highest BCUT2D eigenvalue weighted by Crippen LogP contribution is 2.19. The van der Waals surface area contributed by atoms with Crippen LogP contribution >= 0.6 is 0 Å². The second-order valence-corrected chi connectivity index (χ2v) is 7.15. The van der Waals surface area contributed by atoms with Gasteiger partial charge in [-0.1, -0.05) is 6.07 Å². The quantitative estimate of drug-likeness (QED) is 0.931. The summed E-state index contributed by atoms with van der Waals surface area (Å²) in [5.74, 6) is 0.943. The van der Waals surface area contributed by atoms with Crippen molar-refractivity contribution in [2.75, 3.05) is 18.0 Å². The number of hydrogen-bond donors (Lipinski definition) is 1. The Labute approximate surface area is 130 Å². The van der Waals surface area contributed by atoms with Gasteiger partial charge in [-0.15, -0.1) is 0 Å². The van der Waals surface area contributed by atoms with E-state index in [0.717, 1.165) is 37.3 Å². The minimum absolute atomic E-state index is 0.0323. The Balaban J connectivity index is 1.59. The second kappa shape index (κ2) is 6.10. The van der Waals surface area contributed by atoms with Crippen molar-refractivity contribution in [3.63, 3.8) is 0 Å². The molecule has 7 heteroatoms. The van der Waals surface area contributed by atoms with E-state index in [-0.39, 0.29) is 11.1 Å². The van der Waals surface area contributed by atoms with Gasteiger partial charge in [0.1, 0.15) is 5.82 Å². The van der Waals surface area contributed by atoms with E-state index in [1.165, 1.54) is 12.3 Å². The van der Waals surface area contributed by atoms with Crippen molar-refractivity contribution >= 4 is 15.8 Å². The number of aryl methyl sites for hydroxylation is 1.